The highest BCUT2D eigenvalue weighted by Gasteiger charge is 2.36. The number of nitrogens with one attached hydrogen (secondary N) is 1. The standard InChI is InChI=1S/C25H29F5N4O3/c26-19-13-33(14-20(19)27)10-9-15(11-23(35)36)31-24(37)21-12-22(34(32-21)16-5-1-2-6-16)17-7-3-4-8-18(17)25(28,29)30/h3-4,7-8,12,15-16,19-20H,1-2,5-6,9-11,13-14H2,(H,31,37)(H,35,36)/t15-,19-,20+/m0/s1. The number of benzene rings is 1. The van der Waals surface area contributed by atoms with E-state index in [0.717, 1.165) is 18.9 Å². The Kier molecular flexibility index (Phi) is 8.15. The Balaban J connectivity index is 1.58. The van der Waals surface area contributed by atoms with Gasteiger partial charge in [-0.25, -0.2) is 8.78 Å². The first-order chi connectivity index (χ1) is 17.5. The number of aliphatic carboxylic acids is 1. The highest BCUT2D eigenvalue weighted by Crippen LogP contribution is 2.40. The molecule has 1 aliphatic carbocycles. The molecule has 0 bridgehead atoms. The van der Waals surface area contributed by atoms with Gasteiger partial charge >= 0.3 is 12.1 Å². The summed E-state index contributed by atoms with van der Waals surface area (Å²) < 4.78 is 69.7. The van der Waals surface area contributed by atoms with Crippen molar-refractivity contribution in [2.24, 2.45) is 0 Å². The van der Waals surface area contributed by atoms with E-state index in [0.29, 0.717) is 12.8 Å². The molecular formula is C25H29F5N4O3. The van der Waals surface area contributed by atoms with Crippen LogP contribution >= 0.6 is 0 Å². The summed E-state index contributed by atoms with van der Waals surface area (Å²) in [5.41, 5.74) is -0.887. The van der Waals surface area contributed by atoms with Gasteiger partial charge in [0, 0.05) is 31.2 Å². The van der Waals surface area contributed by atoms with Gasteiger partial charge < -0.3 is 10.4 Å². The first kappa shape index (κ1) is 27.0. The summed E-state index contributed by atoms with van der Waals surface area (Å²) in [7, 11) is 0. The summed E-state index contributed by atoms with van der Waals surface area (Å²) in [5, 5.41) is 16.2. The van der Waals surface area contributed by atoms with Crippen molar-refractivity contribution in [3.63, 3.8) is 0 Å². The summed E-state index contributed by atoms with van der Waals surface area (Å²) in [6.07, 6.45) is -4.90. The van der Waals surface area contributed by atoms with Crippen LogP contribution in [0.1, 0.15) is 60.6 Å². The highest BCUT2D eigenvalue weighted by molar-refractivity contribution is 5.94. The Labute approximate surface area is 210 Å². The van der Waals surface area contributed by atoms with Gasteiger partial charge in [0.1, 0.15) is 12.3 Å². The molecule has 1 aromatic heterocycles. The molecule has 2 N–H and O–H groups in total. The number of nitrogens with zero attached hydrogens (tertiary/aromatic N) is 3. The SMILES string of the molecule is O=C(O)C[C@H](CCN1C[C@@H](F)[C@@H](F)C1)NC(=O)c1cc(-c2ccccc2C(F)(F)F)n(C2CCCC2)n1. The molecule has 1 saturated carbocycles. The van der Waals surface area contributed by atoms with Gasteiger partial charge in [-0.3, -0.25) is 19.2 Å². The molecule has 2 aliphatic rings. The van der Waals surface area contributed by atoms with E-state index in [2.05, 4.69) is 10.4 Å². The fourth-order valence-electron chi connectivity index (χ4n) is 5.10. The molecule has 0 radical (unpaired) electrons. The first-order valence-corrected chi connectivity index (χ1v) is 12.3. The fourth-order valence-corrected chi connectivity index (χ4v) is 5.10. The average Bonchev–Trinajstić information content (AvgIpc) is 3.57. The maximum atomic E-state index is 13.7. The smallest absolute Gasteiger partial charge is 0.417 e. The molecule has 1 aromatic carbocycles. The van der Waals surface area contributed by atoms with Crippen LogP contribution in [0.2, 0.25) is 0 Å². The van der Waals surface area contributed by atoms with E-state index >= 15 is 0 Å². The van der Waals surface area contributed by atoms with E-state index in [1.54, 1.807) is 0 Å². The van der Waals surface area contributed by atoms with Crippen LogP contribution in [0.4, 0.5) is 22.0 Å². The van der Waals surface area contributed by atoms with Crippen molar-refractivity contribution in [1.82, 2.24) is 20.0 Å². The highest BCUT2D eigenvalue weighted by atomic mass is 19.4. The quantitative estimate of drug-likeness (QED) is 0.463. The lowest BCUT2D eigenvalue weighted by atomic mass is 10.0. The third kappa shape index (κ3) is 6.46. The molecule has 1 saturated heterocycles. The van der Waals surface area contributed by atoms with Crippen LogP contribution in [0.3, 0.4) is 0 Å². The summed E-state index contributed by atoms with van der Waals surface area (Å²) in [6, 6.07) is 5.39. The van der Waals surface area contributed by atoms with Crippen molar-refractivity contribution in [2.45, 2.75) is 69.1 Å². The van der Waals surface area contributed by atoms with Crippen LogP contribution in [-0.4, -0.2) is 69.7 Å². The van der Waals surface area contributed by atoms with Crippen LogP contribution in [0.15, 0.2) is 30.3 Å². The Morgan fingerprint density at radius 3 is 2.38 bits per heavy atom. The molecule has 37 heavy (non-hydrogen) atoms. The fraction of sp³-hybridized carbons (Fsp3) is 0.560. The third-order valence-electron chi connectivity index (χ3n) is 6.96. The van der Waals surface area contributed by atoms with Crippen LogP contribution in [0.5, 0.6) is 0 Å². The number of carboxylic acids is 1. The molecular weight excluding hydrogens is 499 g/mol. The maximum absolute atomic E-state index is 13.7. The van der Waals surface area contributed by atoms with E-state index in [1.165, 1.54) is 33.8 Å². The predicted molar refractivity (Wildman–Crippen MR) is 125 cm³/mol. The molecule has 2 heterocycles. The molecule has 2 fully saturated rings. The zero-order chi connectivity index (χ0) is 26.7. The largest absolute Gasteiger partial charge is 0.481 e. The normalized spacial score (nSPS) is 21.9. The summed E-state index contributed by atoms with van der Waals surface area (Å²) in [5.74, 6) is -1.89. The van der Waals surface area contributed by atoms with Crippen molar-refractivity contribution in [3.05, 3.63) is 41.6 Å². The van der Waals surface area contributed by atoms with Gasteiger partial charge in [-0.2, -0.15) is 18.3 Å². The lowest BCUT2D eigenvalue weighted by Crippen LogP contribution is -2.39. The number of amides is 1. The number of carbonyl (C=O) groups is 2. The number of rotatable bonds is 9. The molecule has 2 aromatic rings. The zero-order valence-corrected chi connectivity index (χ0v) is 20.1. The number of hydrogen-bond donors (Lipinski definition) is 2. The molecule has 1 amide bonds. The lowest BCUT2D eigenvalue weighted by Gasteiger charge is -2.20. The summed E-state index contributed by atoms with van der Waals surface area (Å²) in [4.78, 5) is 26.0. The Morgan fingerprint density at radius 1 is 1.11 bits per heavy atom. The Bertz CT molecular complexity index is 1110. The van der Waals surface area contributed by atoms with E-state index in [9.17, 15) is 36.6 Å². The second kappa shape index (κ2) is 11.2. The molecule has 202 valence electrons. The van der Waals surface area contributed by atoms with Crippen molar-refractivity contribution in [2.75, 3.05) is 19.6 Å². The van der Waals surface area contributed by atoms with Gasteiger partial charge in [0.2, 0.25) is 0 Å². The van der Waals surface area contributed by atoms with Gasteiger partial charge in [-0.15, -0.1) is 0 Å². The number of carbonyl (C=O) groups excluding carboxylic acids is 1. The minimum Gasteiger partial charge on any atom is -0.481 e. The van der Waals surface area contributed by atoms with Gasteiger partial charge in [0.25, 0.3) is 5.91 Å². The minimum atomic E-state index is -4.61. The van der Waals surface area contributed by atoms with E-state index in [1.807, 2.05) is 0 Å². The second-order valence-corrected chi connectivity index (χ2v) is 9.69. The molecule has 0 spiro atoms. The van der Waals surface area contributed by atoms with Gasteiger partial charge in [0.05, 0.1) is 23.7 Å². The van der Waals surface area contributed by atoms with Crippen molar-refractivity contribution in [3.8, 4) is 11.3 Å². The first-order valence-electron chi connectivity index (χ1n) is 12.3. The monoisotopic (exact) mass is 528 g/mol. The molecule has 7 nitrogen and oxygen atoms in total. The molecule has 1 aliphatic heterocycles. The number of aromatic nitrogens is 2. The maximum Gasteiger partial charge on any atom is 0.417 e. The number of alkyl halides is 5. The average molecular weight is 529 g/mol. The number of likely N-dealkylation sites (tertiary alicyclic amines) is 1. The number of halogens is 5. The Hall–Kier alpha value is -3.02. The van der Waals surface area contributed by atoms with Crippen LogP contribution in [-0.2, 0) is 11.0 Å². The lowest BCUT2D eigenvalue weighted by molar-refractivity contribution is -0.138. The van der Waals surface area contributed by atoms with Crippen molar-refractivity contribution >= 4 is 11.9 Å². The topological polar surface area (TPSA) is 87.5 Å². The van der Waals surface area contributed by atoms with Crippen molar-refractivity contribution in [1.29, 1.82) is 0 Å². The van der Waals surface area contributed by atoms with Gasteiger partial charge in [-0.1, -0.05) is 31.0 Å². The predicted octanol–water partition coefficient (Wildman–Crippen LogP) is 4.64. The van der Waals surface area contributed by atoms with Crippen LogP contribution in [0, 0.1) is 0 Å². The molecule has 4 rings (SSSR count). The van der Waals surface area contributed by atoms with Crippen LogP contribution in [0.25, 0.3) is 11.3 Å². The van der Waals surface area contributed by atoms with Gasteiger partial charge in [0.15, 0.2) is 5.69 Å². The summed E-state index contributed by atoms with van der Waals surface area (Å²) >= 11 is 0. The van der Waals surface area contributed by atoms with Gasteiger partial charge in [-0.05, 0) is 31.4 Å². The van der Waals surface area contributed by atoms with Crippen molar-refractivity contribution < 1.29 is 36.6 Å². The third-order valence-corrected chi connectivity index (χ3v) is 6.96. The molecule has 3 atom stereocenters. The van der Waals surface area contributed by atoms with Crippen LogP contribution < -0.4 is 5.32 Å². The molecule has 12 heteroatoms. The summed E-state index contributed by atoms with van der Waals surface area (Å²) in [6.45, 7) is -0.0366. The molecule has 0 unspecified atom stereocenters. The zero-order valence-electron chi connectivity index (χ0n) is 20.1. The number of carboxylic acid groups (broad SMARTS) is 1. The van der Waals surface area contributed by atoms with E-state index in [4.69, 9.17) is 0 Å². The Morgan fingerprint density at radius 2 is 1.76 bits per heavy atom. The second-order valence-electron chi connectivity index (χ2n) is 9.69. The minimum absolute atomic E-state index is 0.0916. The number of hydrogen-bond acceptors (Lipinski definition) is 4. The van der Waals surface area contributed by atoms with E-state index in [-0.39, 0.29) is 49.0 Å². The van der Waals surface area contributed by atoms with E-state index < -0.39 is 48.4 Å².